The van der Waals surface area contributed by atoms with Crippen LogP contribution in [-0.2, 0) is 4.74 Å². The molecule has 0 bridgehead atoms. The molecule has 5 heteroatoms. The Morgan fingerprint density at radius 2 is 2.16 bits per heavy atom. The molecule has 1 atom stereocenters. The third-order valence-electron chi connectivity index (χ3n) is 2.63. The predicted molar refractivity (Wildman–Crippen MR) is 70.9 cm³/mol. The van der Waals surface area contributed by atoms with Gasteiger partial charge < -0.3 is 14.5 Å². The zero-order chi connectivity index (χ0) is 13.7. The van der Waals surface area contributed by atoms with Crippen LogP contribution in [0, 0.1) is 0 Å². The summed E-state index contributed by atoms with van der Waals surface area (Å²) < 4.78 is 10.0. The molecule has 1 aromatic heterocycles. The molecule has 0 aliphatic rings. The van der Waals surface area contributed by atoms with Crippen molar-refractivity contribution in [3.8, 4) is 0 Å². The molecule has 1 unspecified atom stereocenters. The maximum Gasteiger partial charge on any atom is 0.360 e. The second-order valence-electron chi connectivity index (χ2n) is 4.04. The van der Waals surface area contributed by atoms with Gasteiger partial charge in [-0.05, 0) is 19.4 Å². The molecule has 0 amide bonds. The molecule has 1 heterocycles. The summed E-state index contributed by atoms with van der Waals surface area (Å²) in [6.07, 6.45) is 1.29. The maximum atomic E-state index is 11.4. The Balaban J connectivity index is 2.02. The van der Waals surface area contributed by atoms with Gasteiger partial charge in [-0.2, -0.15) is 4.98 Å². The van der Waals surface area contributed by atoms with Crippen LogP contribution in [-0.4, -0.2) is 17.6 Å². The number of carbonyl (C=O) groups is 1. The van der Waals surface area contributed by atoms with Crippen molar-refractivity contribution < 1.29 is 13.9 Å². The van der Waals surface area contributed by atoms with E-state index >= 15 is 0 Å². The predicted octanol–water partition coefficient (Wildman–Crippen LogP) is 3.02. The van der Waals surface area contributed by atoms with Gasteiger partial charge in [-0.15, -0.1) is 0 Å². The number of aromatic nitrogens is 1. The van der Waals surface area contributed by atoms with Gasteiger partial charge in [0.15, 0.2) is 5.69 Å². The van der Waals surface area contributed by atoms with Gasteiger partial charge in [0.2, 0.25) is 0 Å². The highest BCUT2D eigenvalue weighted by Gasteiger charge is 2.14. The van der Waals surface area contributed by atoms with E-state index in [0.29, 0.717) is 12.6 Å². The first-order chi connectivity index (χ1) is 9.20. The van der Waals surface area contributed by atoms with E-state index in [9.17, 15) is 4.79 Å². The Morgan fingerprint density at radius 1 is 1.42 bits per heavy atom. The molecule has 0 aliphatic heterocycles. The van der Waals surface area contributed by atoms with Crippen LogP contribution in [0.2, 0.25) is 0 Å². The quantitative estimate of drug-likeness (QED) is 0.837. The summed E-state index contributed by atoms with van der Waals surface area (Å²) >= 11 is 0. The minimum Gasteiger partial charge on any atom is -0.461 e. The molecule has 0 saturated heterocycles. The van der Waals surface area contributed by atoms with Crippen molar-refractivity contribution in [2.75, 3.05) is 11.9 Å². The molecule has 2 aromatic rings. The average Bonchev–Trinajstić information content (AvgIpc) is 2.88. The topological polar surface area (TPSA) is 64.4 Å². The number of esters is 1. The summed E-state index contributed by atoms with van der Waals surface area (Å²) in [5.41, 5.74) is 1.28. The number of benzene rings is 1. The van der Waals surface area contributed by atoms with Crippen LogP contribution in [0.5, 0.6) is 0 Å². The van der Waals surface area contributed by atoms with Gasteiger partial charge in [-0.25, -0.2) is 4.79 Å². The van der Waals surface area contributed by atoms with Gasteiger partial charge >= 0.3 is 5.97 Å². The zero-order valence-electron chi connectivity index (χ0n) is 10.9. The van der Waals surface area contributed by atoms with Crippen LogP contribution in [0.1, 0.15) is 35.9 Å². The van der Waals surface area contributed by atoms with Gasteiger partial charge in [-0.3, -0.25) is 0 Å². The molecule has 19 heavy (non-hydrogen) atoms. The SMILES string of the molecule is CCOC(=O)c1coc(NC(C)c2ccccc2)n1. The molecule has 0 fully saturated rings. The second kappa shape index (κ2) is 6.04. The highest BCUT2D eigenvalue weighted by atomic mass is 16.5. The lowest BCUT2D eigenvalue weighted by Crippen LogP contribution is -2.08. The molecule has 0 saturated carbocycles. The molecule has 0 radical (unpaired) electrons. The Hall–Kier alpha value is -2.30. The molecule has 2 rings (SSSR count). The number of anilines is 1. The Kier molecular flexibility index (Phi) is 4.18. The highest BCUT2D eigenvalue weighted by molar-refractivity contribution is 5.87. The van der Waals surface area contributed by atoms with Gasteiger partial charge in [0.25, 0.3) is 6.01 Å². The van der Waals surface area contributed by atoms with Crippen molar-refractivity contribution in [1.29, 1.82) is 0 Å². The molecule has 0 spiro atoms. The minimum absolute atomic E-state index is 0.0369. The number of hydrogen-bond acceptors (Lipinski definition) is 5. The monoisotopic (exact) mass is 260 g/mol. The van der Waals surface area contributed by atoms with E-state index in [1.165, 1.54) is 6.26 Å². The number of nitrogens with one attached hydrogen (secondary N) is 1. The lowest BCUT2D eigenvalue weighted by molar-refractivity contribution is 0.0519. The normalized spacial score (nSPS) is 11.9. The van der Waals surface area contributed by atoms with Crippen molar-refractivity contribution in [2.45, 2.75) is 19.9 Å². The lowest BCUT2D eigenvalue weighted by atomic mass is 10.1. The smallest absolute Gasteiger partial charge is 0.360 e. The number of rotatable bonds is 5. The standard InChI is InChI=1S/C14H16N2O3/c1-3-18-13(17)12-9-19-14(16-12)15-10(2)11-7-5-4-6-8-11/h4-10H,3H2,1-2H3,(H,15,16). The van der Waals surface area contributed by atoms with Crippen molar-refractivity contribution in [2.24, 2.45) is 0 Å². The molecular weight excluding hydrogens is 244 g/mol. The van der Waals surface area contributed by atoms with E-state index in [4.69, 9.17) is 9.15 Å². The largest absolute Gasteiger partial charge is 0.461 e. The highest BCUT2D eigenvalue weighted by Crippen LogP contribution is 2.18. The summed E-state index contributed by atoms with van der Waals surface area (Å²) in [6, 6.07) is 10.2. The fourth-order valence-electron chi connectivity index (χ4n) is 1.65. The third kappa shape index (κ3) is 3.34. The average molecular weight is 260 g/mol. The first-order valence-corrected chi connectivity index (χ1v) is 6.15. The minimum atomic E-state index is -0.480. The fourth-order valence-corrected chi connectivity index (χ4v) is 1.65. The van der Waals surface area contributed by atoms with E-state index in [1.54, 1.807) is 6.92 Å². The molecule has 100 valence electrons. The van der Waals surface area contributed by atoms with E-state index in [2.05, 4.69) is 10.3 Å². The molecule has 0 aliphatic carbocycles. The van der Waals surface area contributed by atoms with E-state index in [1.807, 2.05) is 37.3 Å². The van der Waals surface area contributed by atoms with Crippen molar-refractivity contribution >= 4 is 12.0 Å². The lowest BCUT2D eigenvalue weighted by Gasteiger charge is -2.11. The number of hydrogen-bond donors (Lipinski definition) is 1. The van der Waals surface area contributed by atoms with Crippen LogP contribution >= 0.6 is 0 Å². The van der Waals surface area contributed by atoms with Crippen LogP contribution in [0.15, 0.2) is 41.0 Å². The van der Waals surface area contributed by atoms with Crippen LogP contribution in [0.3, 0.4) is 0 Å². The summed E-state index contributed by atoms with van der Waals surface area (Å²) in [5, 5.41) is 3.09. The zero-order valence-corrected chi connectivity index (χ0v) is 10.9. The van der Waals surface area contributed by atoms with Crippen LogP contribution < -0.4 is 5.32 Å². The summed E-state index contributed by atoms with van der Waals surface area (Å²) in [5.74, 6) is -0.480. The molecule has 1 aromatic carbocycles. The first kappa shape index (κ1) is 13.1. The van der Waals surface area contributed by atoms with Gasteiger partial charge in [0, 0.05) is 0 Å². The summed E-state index contributed by atoms with van der Waals surface area (Å²) in [7, 11) is 0. The Morgan fingerprint density at radius 3 is 2.84 bits per heavy atom. The number of carbonyl (C=O) groups excluding carboxylic acids is 1. The maximum absolute atomic E-state index is 11.4. The second-order valence-corrected chi connectivity index (χ2v) is 4.04. The van der Waals surface area contributed by atoms with Crippen LogP contribution in [0.25, 0.3) is 0 Å². The van der Waals surface area contributed by atoms with Gasteiger partial charge in [0.05, 0.1) is 12.6 Å². The fraction of sp³-hybridized carbons (Fsp3) is 0.286. The van der Waals surface area contributed by atoms with Crippen molar-refractivity contribution in [3.05, 3.63) is 47.9 Å². The van der Waals surface area contributed by atoms with E-state index in [-0.39, 0.29) is 11.7 Å². The number of ether oxygens (including phenoxy) is 1. The summed E-state index contributed by atoms with van der Waals surface area (Å²) in [6.45, 7) is 4.05. The Bertz CT molecular complexity index is 537. The Labute approximate surface area is 111 Å². The molecular formula is C14H16N2O3. The first-order valence-electron chi connectivity index (χ1n) is 6.15. The number of nitrogens with zero attached hydrogens (tertiary/aromatic N) is 1. The molecule has 5 nitrogen and oxygen atoms in total. The van der Waals surface area contributed by atoms with Crippen LogP contribution in [0.4, 0.5) is 6.01 Å². The van der Waals surface area contributed by atoms with Crippen molar-refractivity contribution in [1.82, 2.24) is 4.98 Å². The molecule has 1 N–H and O–H groups in total. The van der Waals surface area contributed by atoms with Gasteiger partial charge in [-0.1, -0.05) is 30.3 Å². The van der Waals surface area contributed by atoms with Crippen molar-refractivity contribution in [3.63, 3.8) is 0 Å². The third-order valence-corrected chi connectivity index (χ3v) is 2.63. The van der Waals surface area contributed by atoms with E-state index in [0.717, 1.165) is 5.56 Å². The summed E-state index contributed by atoms with van der Waals surface area (Å²) in [4.78, 5) is 15.5. The van der Waals surface area contributed by atoms with E-state index < -0.39 is 5.97 Å². The number of oxazole rings is 1. The van der Waals surface area contributed by atoms with Gasteiger partial charge in [0.1, 0.15) is 6.26 Å².